The van der Waals surface area contributed by atoms with Gasteiger partial charge in [0, 0.05) is 10.7 Å². The number of nitrogens with zero attached hydrogens (tertiary/aromatic N) is 4. The fourth-order valence-corrected chi connectivity index (χ4v) is 2.49. The fraction of sp³-hybridized carbons (Fsp3) is 0. The minimum Gasteiger partial charge on any atom is -0.463 e. The summed E-state index contributed by atoms with van der Waals surface area (Å²) < 4.78 is 6.61. The van der Waals surface area contributed by atoms with Crippen molar-refractivity contribution in [3.8, 4) is 11.5 Å². The summed E-state index contributed by atoms with van der Waals surface area (Å²) in [5, 5.41) is 3.32. The number of amides is 1. The smallest absolute Gasteiger partial charge is 0.332 e. The number of carbonyl (C=O) groups excluding carboxylic acids is 1. The summed E-state index contributed by atoms with van der Waals surface area (Å²) in [5.74, 6) is 0.502. The van der Waals surface area contributed by atoms with Gasteiger partial charge >= 0.3 is 6.03 Å². The number of halogens is 1. The highest BCUT2D eigenvalue weighted by Gasteiger charge is 2.18. The summed E-state index contributed by atoms with van der Waals surface area (Å²) in [4.78, 5) is 25.1. The van der Waals surface area contributed by atoms with Crippen LogP contribution in [-0.2, 0) is 0 Å². The van der Waals surface area contributed by atoms with Crippen molar-refractivity contribution < 1.29 is 9.21 Å². The minimum absolute atomic E-state index is 0.0138. The van der Waals surface area contributed by atoms with Crippen molar-refractivity contribution in [1.82, 2.24) is 19.5 Å². The van der Waals surface area contributed by atoms with Crippen molar-refractivity contribution in [3.05, 3.63) is 54.0 Å². The molecule has 0 atom stereocenters. The first-order chi connectivity index (χ1) is 12.1. The number of aromatic nitrogens is 4. The summed E-state index contributed by atoms with van der Waals surface area (Å²) in [6, 6.07) is 9.76. The van der Waals surface area contributed by atoms with Crippen molar-refractivity contribution in [2.24, 2.45) is 0 Å². The van der Waals surface area contributed by atoms with Crippen LogP contribution in [0.25, 0.3) is 22.6 Å². The Morgan fingerprint density at radius 3 is 2.72 bits per heavy atom. The average molecular weight is 355 g/mol. The first-order valence-corrected chi connectivity index (χ1v) is 7.61. The molecule has 3 N–H and O–H groups in total. The van der Waals surface area contributed by atoms with Crippen molar-refractivity contribution in [1.29, 1.82) is 0 Å². The van der Waals surface area contributed by atoms with Crippen molar-refractivity contribution in [3.63, 3.8) is 0 Å². The number of hydrogen-bond donors (Lipinski definition) is 2. The van der Waals surface area contributed by atoms with E-state index in [4.69, 9.17) is 21.8 Å². The Kier molecular flexibility index (Phi) is 3.58. The lowest BCUT2D eigenvalue weighted by atomic mass is 10.3. The topological polar surface area (TPSA) is 112 Å². The second-order valence-electron chi connectivity index (χ2n) is 5.13. The Morgan fingerprint density at radius 1 is 1.20 bits per heavy atom. The van der Waals surface area contributed by atoms with E-state index in [1.165, 1.54) is 17.2 Å². The molecule has 3 aromatic heterocycles. The van der Waals surface area contributed by atoms with Gasteiger partial charge in [-0.25, -0.2) is 19.3 Å². The summed E-state index contributed by atoms with van der Waals surface area (Å²) in [7, 11) is 0. The number of nitrogens with one attached hydrogen (secondary N) is 1. The fourth-order valence-electron chi connectivity index (χ4n) is 2.37. The number of fused-ring (bicyclic) bond motifs is 1. The van der Waals surface area contributed by atoms with Gasteiger partial charge in [0.2, 0.25) is 5.95 Å². The number of benzene rings is 1. The molecule has 3 heterocycles. The molecular formula is C16H11ClN6O2. The van der Waals surface area contributed by atoms with E-state index in [0.29, 0.717) is 27.7 Å². The first kappa shape index (κ1) is 15.2. The molecule has 4 rings (SSSR count). The Bertz CT molecular complexity index is 1060. The Balaban J connectivity index is 1.75. The van der Waals surface area contributed by atoms with Crippen LogP contribution < -0.4 is 11.1 Å². The summed E-state index contributed by atoms with van der Waals surface area (Å²) in [5.41, 5.74) is 7.48. The van der Waals surface area contributed by atoms with E-state index in [9.17, 15) is 4.79 Å². The zero-order chi connectivity index (χ0) is 17.4. The van der Waals surface area contributed by atoms with E-state index in [-0.39, 0.29) is 11.6 Å². The number of carbonyl (C=O) groups is 1. The van der Waals surface area contributed by atoms with E-state index >= 15 is 0 Å². The van der Waals surface area contributed by atoms with Crippen LogP contribution in [0.15, 0.2) is 53.4 Å². The molecule has 0 saturated carbocycles. The Hall–Kier alpha value is -3.39. The minimum atomic E-state index is -0.437. The molecule has 0 radical (unpaired) electrons. The van der Waals surface area contributed by atoms with E-state index in [1.807, 2.05) is 0 Å². The molecule has 4 aromatic rings. The number of hydrogen-bond acceptors (Lipinski definition) is 6. The van der Waals surface area contributed by atoms with Gasteiger partial charge in [0.05, 0.1) is 6.26 Å². The van der Waals surface area contributed by atoms with Crippen LogP contribution in [0.3, 0.4) is 0 Å². The number of furan rings is 1. The quantitative estimate of drug-likeness (QED) is 0.570. The second-order valence-corrected chi connectivity index (χ2v) is 5.57. The van der Waals surface area contributed by atoms with Crippen molar-refractivity contribution >= 4 is 40.4 Å². The standard InChI is InChI=1S/C16H11ClN6O2/c17-9-3-5-10(6-4-9)20-16(24)23-8-19-13-12(11-2-1-7-25-11)21-15(18)22-14(13)23/h1-8H,(H,20,24)(H2,18,21,22). The maximum atomic E-state index is 12.5. The van der Waals surface area contributed by atoms with Crippen LogP contribution in [0.4, 0.5) is 16.4 Å². The number of nitrogens with two attached hydrogens (primary N) is 1. The monoisotopic (exact) mass is 354 g/mol. The van der Waals surface area contributed by atoms with E-state index in [0.717, 1.165) is 0 Å². The summed E-state index contributed by atoms with van der Waals surface area (Å²) in [6.07, 6.45) is 2.88. The van der Waals surface area contributed by atoms with Gasteiger partial charge in [-0.1, -0.05) is 11.6 Å². The molecule has 25 heavy (non-hydrogen) atoms. The molecule has 0 aliphatic carbocycles. The first-order valence-electron chi connectivity index (χ1n) is 7.23. The predicted octanol–water partition coefficient (Wildman–Crippen LogP) is 3.40. The third kappa shape index (κ3) is 2.79. The van der Waals surface area contributed by atoms with E-state index < -0.39 is 6.03 Å². The van der Waals surface area contributed by atoms with Crippen molar-refractivity contribution in [2.45, 2.75) is 0 Å². The largest absolute Gasteiger partial charge is 0.463 e. The van der Waals surface area contributed by atoms with Gasteiger partial charge in [0.25, 0.3) is 0 Å². The van der Waals surface area contributed by atoms with Crippen molar-refractivity contribution in [2.75, 3.05) is 11.1 Å². The van der Waals surface area contributed by atoms with Gasteiger partial charge in [-0.2, -0.15) is 4.98 Å². The molecule has 0 aliphatic rings. The molecule has 0 saturated heterocycles. The SMILES string of the molecule is Nc1nc(-c2ccco2)c2ncn(C(=O)Nc3ccc(Cl)cc3)c2n1. The molecule has 0 spiro atoms. The number of imidazole rings is 1. The number of anilines is 2. The average Bonchev–Trinajstić information content (AvgIpc) is 3.25. The zero-order valence-electron chi connectivity index (χ0n) is 12.7. The molecule has 1 aromatic carbocycles. The molecule has 0 unspecified atom stereocenters. The summed E-state index contributed by atoms with van der Waals surface area (Å²) >= 11 is 5.84. The van der Waals surface area contributed by atoms with Crippen LogP contribution >= 0.6 is 11.6 Å². The van der Waals surface area contributed by atoms with Crippen LogP contribution in [0.2, 0.25) is 5.02 Å². The molecule has 8 nitrogen and oxygen atoms in total. The zero-order valence-corrected chi connectivity index (χ0v) is 13.4. The van der Waals surface area contributed by atoms with E-state index in [1.54, 1.807) is 36.4 Å². The summed E-state index contributed by atoms with van der Waals surface area (Å²) in [6.45, 7) is 0. The van der Waals surface area contributed by atoms with Crippen LogP contribution in [0.5, 0.6) is 0 Å². The number of nitrogen functional groups attached to an aromatic ring is 1. The van der Waals surface area contributed by atoms with E-state index in [2.05, 4.69) is 20.3 Å². The molecule has 124 valence electrons. The maximum absolute atomic E-state index is 12.5. The molecule has 0 fully saturated rings. The number of rotatable bonds is 2. The molecular weight excluding hydrogens is 344 g/mol. The highest BCUT2D eigenvalue weighted by atomic mass is 35.5. The van der Waals surface area contributed by atoms with Gasteiger partial charge in [-0.05, 0) is 36.4 Å². The molecule has 0 aliphatic heterocycles. The molecule has 0 bridgehead atoms. The Labute approximate surface area is 146 Å². The maximum Gasteiger partial charge on any atom is 0.332 e. The molecule has 1 amide bonds. The predicted molar refractivity (Wildman–Crippen MR) is 93.3 cm³/mol. The lowest BCUT2D eigenvalue weighted by Gasteiger charge is -2.06. The highest BCUT2D eigenvalue weighted by molar-refractivity contribution is 6.30. The lowest BCUT2D eigenvalue weighted by molar-refractivity contribution is 0.254. The Morgan fingerprint density at radius 2 is 2.00 bits per heavy atom. The van der Waals surface area contributed by atoms with Gasteiger partial charge in [-0.15, -0.1) is 0 Å². The van der Waals surface area contributed by atoms with Gasteiger partial charge in [0.15, 0.2) is 11.4 Å². The van der Waals surface area contributed by atoms with Gasteiger partial charge < -0.3 is 15.5 Å². The van der Waals surface area contributed by atoms with Gasteiger partial charge in [-0.3, -0.25) is 0 Å². The normalized spacial score (nSPS) is 10.9. The third-order valence-corrected chi connectivity index (χ3v) is 3.73. The lowest BCUT2D eigenvalue weighted by Crippen LogP contribution is -2.19. The van der Waals surface area contributed by atoms with Crippen LogP contribution in [-0.4, -0.2) is 25.6 Å². The highest BCUT2D eigenvalue weighted by Crippen LogP contribution is 2.26. The molecule has 9 heteroatoms. The third-order valence-electron chi connectivity index (χ3n) is 3.48. The second kappa shape index (κ2) is 5.91. The van der Waals surface area contributed by atoms with Crippen LogP contribution in [0, 0.1) is 0 Å². The van der Waals surface area contributed by atoms with Crippen LogP contribution in [0.1, 0.15) is 0 Å². The van der Waals surface area contributed by atoms with Gasteiger partial charge in [0.1, 0.15) is 17.5 Å².